The van der Waals surface area contributed by atoms with E-state index in [2.05, 4.69) is 42.3 Å². The van der Waals surface area contributed by atoms with Crippen LogP contribution in [0.2, 0.25) is 0 Å². The molecule has 0 amide bonds. The highest BCUT2D eigenvalue weighted by molar-refractivity contribution is 7.19. The number of morpholine rings is 1. The molecule has 5 nitrogen and oxygen atoms in total. The second-order valence-corrected chi connectivity index (χ2v) is 9.32. The van der Waals surface area contributed by atoms with E-state index < -0.39 is 0 Å². The predicted molar refractivity (Wildman–Crippen MR) is 118 cm³/mol. The zero-order valence-corrected chi connectivity index (χ0v) is 17.9. The zero-order valence-electron chi connectivity index (χ0n) is 17.1. The molecule has 29 heavy (non-hydrogen) atoms. The van der Waals surface area contributed by atoms with Crippen molar-refractivity contribution in [1.82, 2.24) is 9.97 Å². The SMILES string of the molecule is CN(Cc1ccccc1)c1nc(C[NH+]2CCOCC2)nc2sc3c(c12)CCCC3. The zero-order chi connectivity index (χ0) is 19.6. The molecule has 1 aromatic carbocycles. The number of nitrogens with one attached hydrogen (secondary N) is 1. The minimum absolute atomic E-state index is 0.839. The van der Waals surface area contributed by atoms with E-state index in [0.717, 1.165) is 51.0 Å². The number of hydrogen-bond donors (Lipinski definition) is 1. The summed E-state index contributed by atoms with van der Waals surface area (Å²) in [4.78, 5) is 16.7. The molecule has 3 aromatic rings. The molecule has 0 bridgehead atoms. The Labute approximate surface area is 176 Å². The maximum Gasteiger partial charge on any atom is 0.187 e. The molecule has 0 atom stereocenters. The number of quaternary nitrogens is 1. The summed E-state index contributed by atoms with van der Waals surface area (Å²) in [5, 5.41) is 1.31. The van der Waals surface area contributed by atoms with Crippen LogP contribution < -0.4 is 9.80 Å². The van der Waals surface area contributed by atoms with E-state index in [0.29, 0.717) is 0 Å². The number of aryl methyl sites for hydroxylation is 2. The minimum Gasteiger partial charge on any atom is -0.370 e. The van der Waals surface area contributed by atoms with Gasteiger partial charge in [-0.05, 0) is 36.8 Å². The molecule has 1 aliphatic heterocycles. The van der Waals surface area contributed by atoms with Gasteiger partial charge in [0.15, 0.2) is 5.82 Å². The number of hydrogen-bond acceptors (Lipinski definition) is 5. The van der Waals surface area contributed by atoms with Gasteiger partial charge in [0.05, 0.1) is 18.6 Å². The lowest BCUT2D eigenvalue weighted by molar-refractivity contribution is -0.922. The molecule has 0 unspecified atom stereocenters. The van der Waals surface area contributed by atoms with Crippen LogP contribution >= 0.6 is 11.3 Å². The summed E-state index contributed by atoms with van der Waals surface area (Å²) in [5.74, 6) is 2.09. The predicted octanol–water partition coefficient (Wildman–Crippen LogP) is 2.62. The van der Waals surface area contributed by atoms with Crippen molar-refractivity contribution < 1.29 is 9.64 Å². The summed E-state index contributed by atoms with van der Waals surface area (Å²) in [6.45, 7) is 5.50. The van der Waals surface area contributed by atoms with Crippen molar-refractivity contribution in [2.75, 3.05) is 38.3 Å². The maximum atomic E-state index is 5.52. The summed E-state index contributed by atoms with van der Waals surface area (Å²) in [6.07, 6.45) is 4.94. The second-order valence-electron chi connectivity index (χ2n) is 8.24. The first-order chi connectivity index (χ1) is 14.3. The van der Waals surface area contributed by atoms with Crippen LogP contribution in [-0.2, 0) is 30.7 Å². The largest absolute Gasteiger partial charge is 0.370 e. The topological polar surface area (TPSA) is 42.7 Å². The van der Waals surface area contributed by atoms with Crippen molar-refractivity contribution in [3.05, 3.63) is 52.2 Å². The van der Waals surface area contributed by atoms with Crippen LogP contribution in [0.25, 0.3) is 10.2 Å². The Morgan fingerprint density at radius 1 is 1.07 bits per heavy atom. The van der Waals surface area contributed by atoms with Crippen LogP contribution in [0.3, 0.4) is 0 Å². The van der Waals surface area contributed by atoms with Crippen LogP contribution in [0.5, 0.6) is 0 Å². The molecule has 1 fully saturated rings. The first-order valence-electron chi connectivity index (χ1n) is 10.8. The van der Waals surface area contributed by atoms with Gasteiger partial charge in [0.2, 0.25) is 0 Å². The molecular weight excluding hydrogens is 380 g/mol. The third-order valence-corrected chi connectivity index (χ3v) is 7.26. The van der Waals surface area contributed by atoms with Crippen molar-refractivity contribution in [1.29, 1.82) is 0 Å². The Balaban J connectivity index is 1.53. The van der Waals surface area contributed by atoms with Gasteiger partial charge >= 0.3 is 0 Å². The average molecular weight is 410 g/mol. The third kappa shape index (κ3) is 4.02. The van der Waals surface area contributed by atoms with Crippen LogP contribution in [0.15, 0.2) is 30.3 Å². The maximum absolute atomic E-state index is 5.52. The molecule has 3 heterocycles. The summed E-state index contributed by atoms with van der Waals surface area (Å²) < 4.78 is 5.52. The van der Waals surface area contributed by atoms with Gasteiger partial charge in [-0.15, -0.1) is 11.3 Å². The van der Waals surface area contributed by atoms with Crippen LogP contribution in [-0.4, -0.2) is 43.3 Å². The smallest absolute Gasteiger partial charge is 0.187 e. The van der Waals surface area contributed by atoms with Crippen molar-refractivity contribution in [3.8, 4) is 0 Å². The highest BCUT2D eigenvalue weighted by atomic mass is 32.1. The Kier molecular flexibility index (Phi) is 5.48. The van der Waals surface area contributed by atoms with Crippen molar-refractivity contribution >= 4 is 27.4 Å². The molecule has 1 N–H and O–H groups in total. The minimum atomic E-state index is 0.839. The molecule has 0 saturated carbocycles. The van der Waals surface area contributed by atoms with E-state index in [4.69, 9.17) is 14.7 Å². The quantitative estimate of drug-likeness (QED) is 0.704. The van der Waals surface area contributed by atoms with Crippen molar-refractivity contribution in [2.45, 2.75) is 38.8 Å². The van der Waals surface area contributed by atoms with Gasteiger partial charge in [-0.1, -0.05) is 30.3 Å². The molecule has 6 heteroatoms. The fourth-order valence-electron chi connectivity index (χ4n) is 4.53. The highest BCUT2D eigenvalue weighted by Crippen LogP contribution is 2.39. The number of aromatic nitrogens is 2. The van der Waals surface area contributed by atoms with Crippen LogP contribution in [0.1, 0.15) is 34.7 Å². The van der Waals surface area contributed by atoms with E-state index in [-0.39, 0.29) is 0 Å². The summed E-state index contributed by atoms with van der Waals surface area (Å²) in [7, 11) is 2.17. The molecule has 1 aliphatic carbocycles. The van der Waals surface area contributed by atoms with E-state index in [9.17, 15) is 0 Å². The molecule has 5 rings (SSSR count). The van der Waals surface area contributed by atoms with Crippen LogP contribution in [0.4, 0.5) is 5.82 Å². The molecule has 2 aromatic heterocycles. The fraction of sp³-hybridized carbons (Fsp3) is 0.478. The molecule has 0 radical (unpaired) electrons. The second kappa shape index (κ2) is 8.38. The Bertz CT molecular complexity index is 981. The lowest BCUT2D eigenvalue weighted by atomic mass is 9.97. The number of nitrogens with zero attached hydrogens (tertiary/aromatic N) is 3. The van der Waals surface area contributed by atoms with Gasteiger partial charge < -0.3 is 14.5 Å². The highest BCUT2D eigenvalue weighted by Gasteiger charge is 2.24. The van der Waals surface area contributed by atoms with Crippen molar-refractivity contribution in [2.24, 2.45) is 0 Å². The fourth-order valence-corrected chi connectivity index (χ4v) is 5.80. The summed E-state index contributed by atoms with van der Waals surface area (Å²) in [6, 6.07) is 10.7. The molecule has 1 saturated heterocycles. The Morgan fingerprint density at radius 3 is 2.69 bits per heavy atom. The monoisotopic (exact) mass is 409 g/mol. The lowest BCUT2D eigenvalue weighted by Gasteiger charge is -2.24. The van der Waals surface area contributed by atoms with Crippen LogP contribution in [0, 0.1) is 0 Å². The van der Waals surface area contributed by atoms with Gasteiger partial charge in [-0.25, -0.2) is 9.97 Å². The lowest BCUT2D eigenvalue weighted by Crippen LogP contribution is -3.12. The summed E-state index contributed by atoms with van der Waals surface area (Å²) in [5.41, 5.74) is 2.82. The number of thiophene rings is 1. The van der Waals surface area contributed by atoms with Gasteiger partial charge in [0.25, 0.3) is 0 Å². The van der Waals surface area contributed by atoms with Gasteiger partial charge in [0, 0.05) is 18.5 Å². The Hall–Kier alpha value is -2.02. The van der Waals surface area contributed by atoms with Gasteiger partial charge in [-0.2, -0.15) is 0 Å². The van der Waals surface area contributed by atoms with Crippen molar-refractivity contribution in [3.63, 3.8) is 0 Å². The number of ether oxygens (including phenoxy) is 1. The molecule has 0 spiro atoms. The van der Waals surface area contributed by atoms with E-state index in [1.165, 1.54) is 56.8 Å². The average Bonchev–Trinajstić information content (AvgIpc) is 3.13. The van der Waals surface area contributed by atoms with Gasteiger partial charge in [-0.3, -0.25) is 0 Å². The number of anilines is 1. The number of benzene rings is 1. The molecule has 152 valence electrons. The van der Waals surface area contributed by atoms with E-state index >= 15 is 0 Å². The molecular formula is C23H29N4OS+. The third-order valence-electron chi connectivity index (χ3n) is 6.07. The number of fused-ring (bicyclic) bond motifs is 3. The van der Waals surface area contributed by atoms with E-state index in [1.807, 2.05) is 11.3 Å². The molecule has 2 aliphatic rings. The van der Waals surface area contributed by atoms with Gasteiger partial charge in [0.1, 0.15) is 30.3 Å². The summed E-state index contributed by atoms with van der Waals surface area (Å²) >= 11 is 1.90. The normalized spacial score (nSPS) is 17.4. The van der Waals surface area contributed by atoms with E-state index in [1.54, 1.807) is 0 Å². The first kappa shape index (κ1) is 19.0. The number of rotatable bonds is 5. The first-order valence-corrected chi connectivity index (χ1v) is 11.6. The standard InChI is InChI=1S/C23H28N4OS/c1-26(15-17-7-3-2-4-8-17)22-21-18-9-5-6-10-19(18)29-23(21)25-20(24-22)16-27-11-13-28-14-12-27/h2-4,7-8H,5-6,9-16H2,1H3/p+1. The Morgan fingerprint density at radius 2 is 1.86 bits per heavy atom.